The summed E-state index contributed by atoms with van der Waals surface area (Å²) >= 11 is 0. The highest BCUT2D eigenvalue weighted by Crippen LogP contribution is 2.17. The van der Waals surface area contributed by atoms with E-state index in [4.69, 9.17) is 4.42 Å². The van der Waals surface area contributed by atoms with Gasteiger partial charge in [-0.2, -0.15) is 0 Å². The zero-order chi connectivity index (χ0) is 14.5. The third-order valence-electron chi connectivity index (χ3n) is 3.39. The second kappa shape index (κ2) is 6.72. The lowest BCUT2D eigenvalue weighted by atomic mass is 10.2. The van der Waals surface area contributed by atoms with Crippen molar-refractivity contribution in [2.24, 2.45) is 7.05 Å². The zero-order valence-electron chi connectivity index (χ0n) is 12.8. The predicted molar refractivity (Wildman–Crippen MR) is 79.2 cm³/mol. The highest BCUT2D eigenvalue weighted by atomic mass is 16.3. The molecule has 1 N–H and O–H groups in total. The number of hydrogen-bond acceptors (Lipinski definition) is 4. The van der Waals surface area contributed by atoms with Gasteiger partial charge in [0.05, 0.1) is 13.1 Å². The largest absolute Gasteiger partial charge is 0.465 e. The third-order valence-corrected chi connectivity index (χ3v) is 3.39. The van der Waals surface area contributed by atoms with E-state index in [1.165, 1.54) is 5.56 Å². The second-order valence-corrected chi connectivity index (χ2v) is 5.20. The molecule has 2 heterocycles. The van der Waals surface area contributed by atoms with Crippen molar-refractivity contribution in [2.45, 2.75) is 33.5 Å². The molecule has 0 aliphatic carbocycles. The molecule has 0 radical (unpaired) electrons. The summed E-state index contributed by atoms with van der Waals surface area (Å²) in [5, 5.41) is 3.28. The Kier molecular flexibility index (Phi) is 4.98. The van der Waals surface area contributed by atoms with Gasteiger partial charge < -0.3 is 14.3 Å². The van der Waals surface area contributed by atoms with Crippen molar-refractivity contribution in [2.75, 3.05) is 13.6 Å². The van der Waals surface area contributed by atoms with E-state index < -0.39 is 0 Å². The molecule has 0 saturated carbocycles. The maximum atomic E-state index is 5.77. The Bertz CT molecular complexity index is 544. The summed E-state index contributed by atoms with van der Waals surface area (Å²) in [6.45, 7) is 7.57. The van der Waals surface area contributed by atoms with Crippen molar-refractivity contribution in [3.05, 3.63) is 41.4 Å². The molecule has 2 aromatic rings. The van der Waals surface area contributed by atoms with Crippen molar-refractivity contribution in [3.8, 4) is 0 Å². The van der Waals surface area contributed by atoms with Crippen molar-refractivity contribution >= 4 is 0 Å². The minimum absolute atomic E-state index is 0.792. The monoisotopic (exact) mass is 276 g/mol. The lowest BCUT2D eigenvalue weighted by molar-refractivity contribution is 0.304. The molecule has 20 heavy (non-hydrogen) atoms. The van der Waals surface area contributed by atoms with Crippen LogP contribution in [0, 0.1) is 6.92 Å². The molecule has 0 saturated heterocycles. The molecule has 110 valence electrons. The molecule has 0 unspecified atom stereocenters. The number of aryl methyl sites for hydroxylation is 2. The molecule has 0 atom stereocenters. The average Bonchev–Trinajstić information content (AvgIpc) is 2.95. The van der Waals surface area contributed by atoms with Gasteiger partial charge in [0.15, 0.2) is 0 Å². The highest BCUT2D eigenvalue weighted by molar-refractivity contribution is 5.20. The smallest absolute Gasteiger partial charge is 0.122 e. The van der Waals surface area contributed by atoms with Gasteiger partial charge in [0, 0.05) is 31.5 Å². The van der Waals surface area contributed by atoms with Gasteiger partial charge in [-0.05, 0) is 26.6 Å². The van der Waals surface area contributed by atoms with E-state index in [9.17, 15) is 0 Å². The number of hydrogen-bond donors (Lipinski definition) is 1. The first kappa shape index (κ1) is 14.8. The molecule has 2 rings (SSSR count). The zero-order valence-corrected chi connectivity index (χ0v) is 12.8. The number of furan rings is 1. The van der Waals surface area contributed by atoms with Gasteiger partial charge in [0.2, 0.25) is 0 Å². The molecule has 0 aliphatic heterocycles. The van der Waals surface area contributed by atoms with Gasteiger partial charge in [0.1, 0.15) is 17.3 Å². The molecule has 5 nitrogen and oxygen atoms in total. The first-order valence-electron chi connectivity index (χ1n) is 7.03. The van der Waals surface area contributed by atoms with Gasteiger partial charge in [0.25, 0.3) is 0 Å². The quantitative estimate of drug-likeness (QED) is 0.841. The number of nitrogens with zero attached hydrogens (tertiary/aromatic N) is 3. The molecule has 0 fully saturated rings. The van der Waals surface area contributed by atoms with Crippen molar-refractivity contribution in [1.29, 1.82) is 0 Å². The van der Waals surface area contributed by atoms with E-state index in [-0.39, 0.29) is 0 Å². The summed E-state index contributed by atoms with van der Waals surface area (Å²) in [5.41, 5.74) is 1.25. The SMILES string of the molecule is CCNCc1cc(CN(C)Cc2nccn2C)c(C)o1. The highest BCUT2D eigenvalue weighted by Gasteiger charge is 2.11. The van der Waals surface area contributed by atoms with Crippen LogP contribution in [0.3, 0.4) is 0 Å². The molecule has 2 aromatic heterocycles. The van der Waals surface area contributed by atoms with Crippen molar-refractivity contribution in [1.82, 2.24) is 19.8 Å². The molecule has 0 spiro atoms. The molecular weight excluding hydrogens is 252 g/mol. The Balaban J connectivity index is 1.95. The second-order valence-electron chi connectivity index (χ2n) is 5.20. The minimum Gasteiger partial charge on any atom is -0.465 e. The number of rotatable bonds is 7. The fraction of sp³-hybridized carbons (Fsp3) is 0.533. The topological polar surface area (TPSA) is 46.2 Å². The maximum absolute atomic E-state index is 5.77. The summed E-state index contributed by atoms with van der Waals surface area (Å²) in [7, 11) is 4.12. The minimum atomic E-state index is 0.792. The van der Waals surface area contributed by atoms with Crippen molar-refractivity contribution < 1.29 is 4.42 Å². The molecule has 0 aromatic carbocycles. The predicted octanol–water partition coefficient (Wildman–Crippen LogP) is 2.06. The summed E-state index contributed by atoms with van der Waals surface area (Å²) < 4.78 is 7.82. The van der Waals surface area contributed by atoms with Gasteiger partial charge in [-0.3, -0.25) is 4.90 Å². The Morgan fingerprint density at radius 1 is 1.40 bits per heavy atom. The number of aromatic nitrogens is 2. The summed E-state index contributed by atoms with van der Waals surface area (Å²) in [4.78, 5) is 6.60. The molecular formula is C15H24N4O. The van der Waals surface area contributed by atoms with Gasteiger partial charge in [-0.25, -0.2) is 4.98 Å². The molecule has 0 amide bonds. The van der Waals surface area contributed by atoms with E-state index in [0.29, 0.717) is 0 Å². The van der Waals surface area contributed by atoms with Crippen LogP contribution in [0.25, 0.3) is 0 Å². The lowest BCUT2D eigenvalue weighted by Gasteiger charge is -2.15. The normalized spacial score (nSPS) is 11.4. The van der Waals surface area contributed by atoms with E-state index in [1.807, 2.05) is 26.4 Å². The van der Waals surface area contributed by atoms with Gasteiger partial charge >= 0.3 is 0 Å². The first-order valence-corrected chi connectivity index (χ1v) is 7.03. The molecule has 0 bridgehead atoms. The van der Waals surface area contributed by atoms with Crippen LogP contribution in [-0.4, -0.2) is 28.0 Å². The molecule has 5 heteroatoms. The van der Waals surface area contributed by atoms with Gasteiger partial charge in [-0.1, -0.05) is 6.92 Å². The van der Waals surface area contributed by atoms with Gasteiger partial charge in [-0.15, -0.1) is 0 Å². The number of imidazole rings is 1. The van der Waals surface area contributed by atoms with Crippen LogP contribution in [0.4, 0.5) is 0 Å². The Morgan fingerprint density at radius 2 is 2.20 bits per heavy atom. The number of nitrogens with one attached hydrogen (secondary N) is 1. The fourth-order valence-electron chi connectivity index (χ4n) is 2.22. The first-order chi connectivity index (χ1) is 9.60. The van der Waals surface area contributed by atoms with Crippen LogP contribution in [0.2, 0.25) is 0 Å². The average molecular weight is 276 g/mol. The van der Waals surface area contributed by atoms with Crippen LogP contribution in [0.1, 0.15) is 29.8 Å². The summed E-state index contributed by atoms with van der Waals surface area (Å²) in [6.07, 6.45) is 3.81. The summed E-state index contributed by atoms with van der Waals surface area (Å²) in [6, 6.07) is 2.15. The lowest BCUT2D eigenvalue weighted by Crippen LogP contribution is -2.19. The van der Waals surface area contributed by atoms with Crippen LogP contribution in [-0.2, 0) is 26.7 Å². The maximum Gasteiger partial charge on any atom is 0.122 e. The third kappa shape index (κ3) is 3.71. The van der Waals surface area contributed by atoms with E-state index in [2.05, 4.69) is 39.8 Å². The van der Waals surface area contributed by atoms with Crippen LogP contribution in [0.5, 0.6) is 0 Å². The Morgan fingerprint density at radius 3 is 2.85 bits per heavy atom. The summed E-state index contributed by atoms with van der Waals surface area (Å²) in [5.74, 6) is 3.08. The van der Waals surface area contributed by atoms with Crippen LogP contribution >= 0.6 is 0 Å². The fourth-order valence-corrected chi connectivity index (χ4v) is 2.22. The van der Waals surface area contributed by atoms with Crippen molar-refractivity contribution in [3.63, 3.8) is 0 Å². The Hall–Kier alpha value is -1.59. The Labute approximate surface area is 120 Å². The van der Waals surface area contributed by atoms with E-state index >= 15 is 0 Å². The standard InChI is InChI=1S/C15H24N4O/c1-5-16-9-14-8-13(12(2)20-14)10-18(3)11-15-17-6-7-19(15)4/h6-8,16H,5,9-11H2,1-4H3. The van der Waals surface area contributed by atoms with Crippen LogP contribution in [0.15, 0.2) is 22.9 Å². The molecule has 0 aliphatic rings. The van der Waals surface area contributed by atoms with E-state index in [0.717, 1.165) is 43.5 Å². The van der Waals surface area contributed by atoms with E-state index in [1.54, 1.807) is 0 Å². The van der Waals surface area contributed by atoms with Crippen LogP contribution < -0.4 is 5.32 Å².